The molecule has 6 nitrogen and oxygen atoms in total. The standard InChI is InChI=1S/C28H26N2O4S/c1-3-35(33,34)24-16-14-21(15-17-24)18-26(31)29-25-19-30(23-12-8-5-9-13-23)27(20(25)2)28(32)22-10-6-4-7-11-22/h4-17,19H,3,18H2,1-2H3,(H,29,31). The summed E-state index contributed by atoms with van der Waals surface area (Å²) in [7, 11) is -3.29. The Hall–Kier alpha value is -3.97. The van der Waals surface area contributed by atoms with Crippen molar-refractivity contribution in [1.29, 1.82) is 0 Å². The molecular weight excluding hydrogens is 460 g/mol. The van der Waals surface area contributed by atoms with E-state index < -0.39 is 9.84 Å². The molecule has 0 spiro atoms. The molecule has 3 aromatic carbocycles. The summed E-state index contributed by atoms with van der Waals surface area (Å²) >= 11 is 0. The second kappa shape index (κ2) is 10.1. The van der Waals surface area contributed by atoms with Crippen molar-refractivity contribution in [3.8, 4) is 5.69 Å². The number of nitrogens with zero attached hydrogens (tertiary/aromatic N) is 1. The molecule has 0 aliphatic rings. The van der Waals surface area contributed by atoms with E-state index in [4.69, 9.17) is 0 Å². The highest BCUT2D eigenvalue weighted by atomic mass is 32.2. The SMILES string of the molecule is CCS(=O)(=O)c1ccc(CC(=O)Nc2cn(-c3ccccc3)c(C(=O)c3ccccc3)c2C)cc1. The lowest BCUT2D eigenvalue weighted by atomic mass is 10.0. The van der Waals surface area contributed by atoms with Gasteiger partial charge in [0, 0.05) is 23.0 Å². The first-order valence-electron chi connectivity index (χ1n) is 11.3. The minimum atomic E-state index is -3.29. The Balaban J connectivity index is 1.62. The van der Waals surface area contributed by atoms with Crippen LogP contribution >= 0.6 is 0 Å². The van der Waals surface area contributed by atoms with Gasteiger partial charge >= 0.3 is 0 Å². The van der Waals surface area contributed by atoms with Gasteiger partial charge in [0.25, 0.3) is 0 Å². The first kappa shape index (κ1) is 24.2. The molecule has 1 heterocycles. The van der Waals surface area contributed by atoms with E-state index in [9.17, 15) is 18.0 Å². The Morgan fingerprint density at radius 1 is 0.857 bits per heavy atom. The van der Waals surface area contributed by atoms with Crippen molar-refractivity contribution in [3.05, 3.63) is 114 Å². The van der Waals surface area contributed by atoms with Crippen LogP contribution < -0.4 is 5.32 Å². The van der Waals surface area contributed by atoms with Crippen LogP contribution in [0.3, 0.4) is 0 Å². The summed E-state index contributed by atoms with van der Waals surface area (Å²) in [5, 5.41) is 2.92. The van der Waals surface area contributed by atoms with E-state index in [-0.39, 0.29) is 28.8 Å². The topological polar surface area (TPSA) is 85.2 Å². The summed E-state index contributed by atoms with van der Waals surface area (Å²) < 4.78 is 25.8. The molecule has 1 N–H and O–H groups in total. The number of rotatable bonds is 8. The number of ketones is 1. The minimum Gasteiger partial charge on any atom is -0.324 e. The van der Waals surface area contributed by atoms with Crippen molar-refractivity contribution < 1.29 is 18.0 Å². The summed E-state index contributed by atoms with van der Waals surface area (Å²) in [4.78, 5) is 26.5. The van der Waals surface area contributed by atoms with Crippen molar-refractivity contribution in [3.63, 3.8) is 0 Å². The van der Waals surface area contributed by atoms with Gasteiger partial charge in [0.05, 0.1) is 28.5 Å². The lowest BCUT2D eigenvalue weighted by Gasteiger charge is -2.09. The molecule has 0 atom stereocenters. The van der Waals surface area contributed by atoms with Crippen molar-refractivity contribution >= 4 is 27.2 Å². The third kappa shape index (κ3) is 5.25. The van der Waals surface area contributed by atoms with Gasteiger partial charge in [0.2, 0.25) is 11.7 Å². The molecule has 0 fully saturated rings. The lowest BCUT2D eigenvalue weighted by molar-refractivity contribution is -0.115. The molecule has 0 saturated carbocycles. The van der Waals surface area contributed by atoms with Crippen LogP contribution in [-0.2, 0) is 21.1 Å². The van der Waals surface area contributed by atoms with Crippen molar-refractivity contribution in [2.45, 2.75) is 25.2 Å². The molecule has 7 heteroatoms. The molecule has 4 aromatic rings. The van der Waals surface area contributed by atoms with Crippen LogP contribution in [0.15, 0.2) is 96.0 Å². The first-order valence-corrected chi connectivity index (χ1v) is 12.9. The van der Waals surface area contributed by atoms with Crippen molar-refractivity contribution in [2.75, 3.05) is 11.1 Å². The Morgan fingerprint density at radius 2 is 1.46 bits per heavy atom. The quantitative estimate of drug-likeness (QED) is 0.356. The fourth-order valence-electron chi connectivity index (χ4n) is 3.88. The molecule has 1 amide bonds. The van der Waals surface area contributed by atoms with Crippen LogP contribution in [0.5, 0.6) is 0 Å². The molecular formula is C28H26N2O4S. The van der Waals surface area contributed by atoms with Gasteiger partial charge in [-0.25, -0.2) is 8.42 Å². The van der Waals surface area contributed by atoms with E-state index in [1.165, 1.54) is 12.1 Å². The molecule has 35 heavy (non-hydrogen) atoms. The van der Waals surface area contributed by atoms with Crippen LogP contribution in [0.2, 0.25) is 0 Å². The average Bonchev–Trinajstić information content (AvgIpc) is 3.20. The number of hydrogen-bond donors (Lipinski definition) is 1. The fraction of sp³-hybridized carbons (Fsp3) is 0.143. The largest absolute Gasteiger partial charge is 0.324 e. The van der Waals surface area contributed by atoms with Gasteiger partial charge in [-0.1, -0.05) is 67.6 Å². The monoisotopic (exact) mass is 486 g/mol. The van der Waals surface area contributed by atoms with Gasteiger partial charge in [0.15, 0.2) is 9.84 Å². The van der Waals surface area contributed by atoms with Gasteiger partial charge in [-0.2, -0.15) is 0 Å². The van der Waals surface area contributed by atoms with E-state index in [1.807, 2.05) is 55.5 Å². The molecule has 178 valence electrons. The molecule has 1 aromatic heterocycles. The van der Waals surface area contributed by atoms with E-state index in [0.717, 1.165) is 5.69 Å². The summed E-state index contributed by atoms with van der Waals surface area (Å²) in [6.45, 7) is 3.41. The molecule has 0 bridgehead atoms. The molecule has 0 aliphatic heterocycles. The number of nitrogens with one attached hydrogen (secondary N) is 1. The average molecular weight is 487 g/mol. The van der Waals surface area contributed by atoms with Gasteiger partial charge < -0.3 is 9.88 Å². The van der Waals surface area contributed by atoms with Gasteiger partial charge in [-0.05, 0) is 36.8 Å². The summed E-state index contributed by atoms with van der Waals surface area (Å²) in [6, 6.07) is 24.9. The summed E-state index contributed by atoms with van der Waals surface area (Å²) in [6.07, 6.45) is 1.83. The predicted octanol–water partition coefficient (Wildman–Crippen LogP) is 4.99. The number of para-hydroxylation sites is 1. The number of carbonyl (C=O) groups excluding carboxylic acids is 2. The summed E-state index contributed by atoms with van der Waals surface area (Å²) in [5.41, 5.74) is 3.75. The Bertz CT molecular complexity index is 1460. The van der Waals surface area contributed by atoms with Gasteiger partial charge in [0.1, 0.15) is 0 Å². The number of benzene rings is 3. The molecule has 0 saturated heterocycles. The highest BCUT2D eigenvalue weighted by Crippen LogP contribution is 2.28. The highest BCUT2D eigenvalue weighted by Gasteiger charge is 2.22. The maximum absolute atomic E-state index is 13.4. The van der Waals surface area contributed by atoms with Crippen molar-refractivity contribution in [1.82, 2.24) is 4.57 Å². The number of anilines is 1. The van der Waals surface area contributed by atoms with E-state index in [1.54, 1.807) is 42.0 Å². The van der Waals surface area contributed by atoms with Gasteiger partial charge in [-0.15, -0.1) is 0 Å². The maximum atomic E-state index is 13.4. The van der Waals surface area contributed by atoms with Crippen LogP contribution in [0, 0.1) is 6.92 Å². The second-order valence-electron chi connectivity index (χ2n) is 8.19. The number of amides is 1. The van der Waals surface area contributed by atoms with E-state index in [2.05, 4.69) is 5.32 Å². The number of carbonyl (C=O) groups is 2. The molecule has 4 rings (SSSR count). The van der Waals surface area contributed by atoms with Crippen LogP contribution in [0.1, 0.15) is 34.1 Å². The van der Waals surface area contributed by atoms with Crippen molar-refractivity contribution in [2.24, 2.45) is 0 Å². The lowest BCUT2D eigenvalue weighted by Crippen LogP contribution is -2.15. The summed E-state index contributed by atoms with van der Waals surface area (Å²) in [5.74, 6) is -0.377. The number of hydrogen-bond acceptors (Lipinski definition) is 4. The normalized spacial score (nSPS) is 11.3. The molecule has 0 unspecified atom stereocenters. The highest BCUT2D eigenvalue weighted by molar-refractivity contribution is 7.91. The Kier molecular flexibility index (Phi) is 6.98. The third-order valence-electron chi connectivity index (χ3n) is 5.85. The minimum absolute atomic E-state index is 0.0224. The second-order valence-corrected chi connectivity index (χ2v) is 10.5. The Labute approximate surface area is 205 Å². The smallest absolute Gasteiger partial charge is 0.228 e. The maximum Gasteiger partial charge on any atom is 0.228 e. The fourth-order valence-corrected chi connectivity index (χ4v) is 4.77. The Morgan fingerprint density at radius 3 is 2.06 bits per heavy atom. The number of sulfone groups is 1. The van der Waals surface area contributed by atoms with Gasteiger partial charge in [-0.3, -0.25) is 9.59 Å². The van der Waals surface area contributed by atoms with Crippen LogP contribution in [0.25, 0.3) is 5.69 Å². The zero-order valence-electron chi connectivity index (χ0n) is 19.6. The predicted molar refractivity (Wildman–Crippen MR) is 137 cm³/mol. The van der Waals surface area contributed by atoms with Crippen LogP contribution in [-0.4, -0.2) is 30.4 Å². The third-order valence-corrected chi connectivity index (χ3v) is 7.60. The molecule has 0 aliphatic carbocycles. The molecule has 0 radical (unpaired) electrons. The zero-order valence-corrected chi connectivity index (χ0v) is 20.4. The number of aromatic nitrogens is 1. The van der Waals surface area contributed by atoms with E-state index in [0.29, 0.717) is 28.1 Å². The zero-order chi connectivity index (χ0) is 25.0. The van der Waals surface area contributed by atoms with E-state index >= 15 is 0 Å². The van der Waals surface area contributed by atoms with Crippen LogP contribution in [0.4, 0.5) is 5.69 Å². The first-order chi connectivity index (χ1) is 16.8.